The van der Waals surface area contributed by atoms with E-state index in [1.165, 1.54) is 18.5 Å². The molecule has 0 aliphatic carbocycles. The van der Waals surface area contributed by atoms with Crippen molar-refractivity contribution in [1.29, 1.82) is 0 Å². The van der Waals surface area contributed by atoms with Gasteiger partial charge in [-0.05, 0) is 12.1 Å². The highest BCUT2D eigenvalue weighted by molar-refractivity contribution is 5.63. The second kappa shape index (κ2) is 3.73. The third kappa shape index (κ3) is 1.83. The summed E-state index contributed by atoms with van der Waals surface area (Å²) in [7, 11) is 0. The van der Waals surface area contributed by atoms with Crippen LogP contribution in [0.25, 0.3) is 11.1 Å². The quantitative estimate of drug-likeness (QED) is 0.657. The van der Waals surface area contributed by atoms with Gasteiger partial charge in [0.2, 0.25) is 0 Å². The van der Waals surface area contributed by atoms with Gasteiger partial charge in [-0.2, -0.15) is 0 Å². The van der Waals surface area contributed by atoms with E-state index >= 15 is 0 Å². The molecular formula is C11H6F3N. The van der Waals surface area contributed by atoms with Crippen LogP contribution in [-0.4, -0.2) is 4.98 Å². The number of hydrogen-bond acceptors (Lipinski definition) is 1. The molecule has 2 aromatic rings. The van der Waals surface area contributed by atoms with Crippen LogP contribution in [0, 0.1) is 17.5 Å². The molecule has 1 aromatic carbocycles. The molecule has 0 spiro atoms. The molecule has 0 bridgehead atoms. The maximum absolute atomic E-state index is 13.3. The fourth-order valence-corrected chi connectivity index (χ4v) is 1.29. The minimum Gasteiger partial charge on any atom is -0.264 e. The summed E-state index contributed by atoms with van der Waals surface area (Å²) in [5, 5.41) is 0. The topological polar surface area (TPSA) is 12.9 Å². The van der Waals surface area contributed by atoms with Gasteiger partial charge in [0.05, 0.1) is 0 Å². The molecule has 1 nitrogen and oxygen atoms in total. The Morgan fingerprint density at radius 3 is 2.53 bits per heavy atom. The van der Waals surface area contributed by atoms with Crippen molar-refractivity contribution >= 4 is 0 Å². The van der Waals surface area contributed by atoms with Gasteiger partial charge in [-0.25, -0.2) is 13.2 Å². The van der Waals surface area contributed by atoms with E-state index in [0.29, 0.717) is 11.6 Å². The summed E-state index contributed by atoms with van der Waals surface area (Å²) < 4.78 is 39.1. The highest BCUT2D eigenvalue weighted by Crippen LogP contribution is 2.24. The zero-order valence-corrected chi connectivity index (χ0v) is 7.55. The number of pyridine rings is 1. The Morgan fingerprint density at radius 1 is 1.07 bits per heavy atom. The smallest absolute Gasteiger partial charge is 0.166 e. The Morgan fingerprint density at radius 2 is 1.87 bits per heavy atom. The van der Waals surface area contributed by atoms with Crippen molar-refractivity contribution in [1.82, 2.24) is 4.98 Å². The van der Waals surface area contributed by atoms with Crippen molar-refractivity contribution in [3.8, 4) is 11.1 Å². The highest BCUT2D eigenvalue weighted by Gasteiger charge is 2.12. The lowest BCUT2D eigenvalue weighted by atomic mass is 10.1. The van der Waals surface area contributed by atoms with Crippen LogP contribution in [0.15, 0.2) is 36.7 Å². The summed E-state index contributed by atoms with van der Waals surface area (Å²) in [6, 6.07) is 4.55. The third-order valence-corrected chi connectivity index (χ3v) is 1.97. The molecule has 1 aromatic heterocycles. The Kier molecular flexibility index (Phi) is 2.41. The molecule has 0 N–H and O–H groups in total. The first-order valence-corrected chi connectivity index (χ1v) is 4.23. The standard InChI is InChI=1S/C11H6F3N/c12-8-4-9(11(14)10(13)5-8)7-2-1-3-15-6-7/h1-6H. The fraction of sp³-hybridized carbons (Fsp3) is 0. The number of rotatable bonds is 1. The molecule has 2 rings (SSSR count). The van der Waals surface area contributed by atoms with E-state index in [4.69, 9.17) is 0 Å². The van der Waals surface area contributed by atoms with Gasteiger partial charge < -0.3 is 0 Å². The molecular weight excluding hydrogens is 203 g/mol. The van der Waals surface area contributed by atoms with Crippen molar-refractivity contribution in [2.45, 2.75) is 0 Å². The Hall–Kier alpha value is -1.84. The first-order valence-electron chi connectivity index (χ1n) is 4.23. The largest absolute Gasteiger partial charge is 0.264 e. The van der Waals surface area contributed by atoms with Gasteiger partial charge in [-0.15, -0.1) is 0 Å². The molecule has 4 heteroatoms. The van der Waals surface area contributed by atoms with E-state index in [2.05, 4.69) is 4.98 Å². The van der Waals surface area contributed by atoms with Crippen LogP contribution in [0.2, 0.25) is 0 Å². The first-order chi connectivity index (χ1) is 7.18. The van der Waals surface area contributed by atoms with E-state index < -0.39 is 17.5 Å². The van der Waals surface area contributed by atoms with E-state index in [9.17, 15) is 13.2 Å². The van der Waals surface area contributed by atoms with E-state index in [1.807, 2.05) is 0 Å². The maximum atomic E-state index is 13.3. The molecule has 0 fully saturated rings. The van der Waals surface area contributed by atoms with Gasteiger partial charge in [0, 0.05) is 29.6 Å². The SMILES string of the molecule is Fc1cc(F)c(F)c(-c2cccnc2)c1. The van der Waals surface area contributed by atoms with Crippen LogP contribution >= 0.6 is 0 Å². The zero-order chi connectivity index (χ0) is 10.8. The van der Waals surface area contributed by atoms with Crippen LogP contribution in [0.1, 0.15) is 0 Å². The maximum Gasteiger partial charge on any atom is 0.166 e. The molecule has 76 valence electrons. The van der Waals surface area contributed by atoms with Crippen molar-refractivity contribution < 1.29 is 13.2 Å². The lowest BCUT2D eigenvalue weighted by Crippen LogP contribution is -1.92. The molecule has 15 heavy (non-hydrogen) atoms. The molecule has 1 heterocycles. The monoisotopic (exact) mass is 209 g/mol. The number of benzene rings is 1. The van der Waals surface area contributed by atoms with Crippen LogP contribution in [0.4, 0.5) is 13.2 Å². The number of hydrogen-bond donors (Lipinski definition) is 0. The van der Waals surface area contributed by atoms with Gasteiger partial charge in [0.15, 0.2) is 11.6 Å². The molecule has 0 radical (unpaired) electrons. The third-order valence-electron chi connectivity index (χ3n) is 1.97. The Labute approximate surface area is 84.2 Å². The minimum absolute atomic E-state index is 0.124. The predicted octanol–water partition coefficient (Wildman–Crippen LogP) is 3.17. The van der Waals surface area contributed by atoms with Crippen molar-refractivity contribution in [2.24, 2.45) is 0 Å². The predicted molar refractivity (Wildman–Crippen MR) is 49.5 cm³/mol. The van der Waals surface area contributed by atoms with Gasteiger partial charge >= 0.3 is 0 Å². The van der Waals surface area contributed by atoms with Gasteiger partial charge in [-0.1, -0.05) is 6.07 Å². The molecule has 0 amide bonds. The summed E-state index contributed by atoms with van der Waals surface area (Å²) in [6.07, 6.45) is 2.84. The molecule has 0 aliphatic heterocycles. The van der Waals surface area contributed by atoms with E-state index in [1.54, 1.807) is 6.07 Å². The lowest BCUT2D eigenvalue weighted by Gasteiger charge is -2.03. The molecule has 0 atom stereocenters. The molecule has 0 aliphatic rings. The first kappa shape index (κ1) is 9.71. The number of halogens is 3. The minimum atomic E-state index is -1.20. The highest BCUT2D eigenvalue weighted by atomic mass is 19.2. The van der Waals surface area contributed by atoms with Crippen LogP contribution in [0.3, 0.4) is 0 Å². The van der Waals surface area contributed by atoms with Gasteiger partial charge in [0.25, 0.3) is 0 Å². The van der Waals surface area contributed by atoms with Crippen LogP contribution in [-0.2, 0) is 0 Å². The second-order valence-corrected chi connectivity index (χ2v) is 2.99. The number of aromatic nitrogens is 1. The van der Waals surface area contributed by atoms with Gasteiger partial charge in [0.1, 0.15) is 5.82 Å². The van der Waals surface area contributed by atoms with Gasteiger partial charge in [-0.3, -0.25) is 4.98 Å². The van der Waals surface area contributed by atoms with E-state index in [0.717, 1.165) is 6.07 Å². The van der Waals surface area contributed by atoms with E-state index in [-0.39, 0.29) is 5.56 Å². The molecule has 0 saturated heterocycles. The van der Waals surface area contributed by atoms with Crippen LogP contribution in [0.5, 0.6) is 0 Å². The van der Waals surface area contributed by atoms with Crippen molar-refractivity contribution in [2.75, 3.05) is 0 Å². The zero-order valence-electron chi connectivity index (χ0n) is 7.55. The Bertz CT molecular complexity index is 483. The van der Waals surface area contributed by atoms with Crippen molar-refractivity contribution in [3.05, 3.63) is 54.1 Å². The summed E-state index contributed by atoms with van der Waals surface area (Å²) in [4.78, 5) is 3.75. The average molecular weight is 209 g/mol. The second-order valence-electron chi connectivity index (χ2n) is 2.99. The summed E-state index contributed by atoms with van der Waals surface area (Å²) in [6.45, 7) is 0. The fourth-order valence-electron chi connectivity index (χ4n) is 1.29. The summed E-state index contributed by atoms with van der Waals surface area (Å²) in [5.41, 5.74) is 0.217. The Balaban J connectivity index is 2.63. The van der Waals surface area contributed by atoms with Crippen LogP contribution < -0.4 is 0 Å². The number of nitrogens with zero attached hydrogens (tertiary/aromatic N) is 1. The summed E-state index contributed by atoms with van der Waals surface area (Å²) >= 11 is 0. The summed E-state index contributed by atoms with van der Waals surface area (Å²) in [5.74, 6) is -3.08. The normalized spacial score (nSPS) is 10.3. The lowest BCUT2D eigenvalue weighted by molar-refractivity contribution is 0.497. The molecule has 0 unspecified atom stereocenters. The van der Waals surface area contributed by atoms with Crippen molar-refractivity contribution in [3.63, 3.8) is 0 Å². The molecule has 0 saturated carbocycles. The average Bonchev–Trinajstić information content (AvgIpc) is 2.24.